The summed E-state index contributed by atoms with van der Waals surface area (Å²) in [7, 11) is -1.16. The zero-order chi connectivity index (χ0) is 16.3. The van der Waals surface area contributed by atoms with E-state index < -0.39 is 9.84 Å². The van der Waals surface area contributed by atoms with Crippen molar-refractivity contribution in [3.05, 3.63) is 18.5 Å². The molecule has 2 heterocycles. The van der Waals surface area contributed by atoms with Crippen molar-refractivity contribution < 1.29 is 13.2 Å². The van der Waals surface area contributed by atoms with E-state index in [9.17, 15) is 13.2 Å². The summed E-state index contributed by atoms with van der Waals surface area (Å²) in [6.07, 6.45) is 2.20. The zero-order valence-electron chi connectivity index (χ0n) is 12.7. The first kappa shape index (κ1) is 17.0. The molecule has 2 atom stereocenters. The number of nitrogens with zero attached hydrogens (tertiary/aromatic N) is 3. The van der Waals surface area contributed by atoms with E-state index in [1.807, 2.05) is 0 Å². The summed E-state index contributed by atoms with van der Waals surface area (Å²) < 4.78 is 24.9. The Morgan fingerprint density at radius 1 is 1.59 bits per heavy atom. The average molecular weight is 344 g/mol. The van der Waals surface area contributed by atoms with Crippen LogP contribution in [0.25, 0.3) is 0 Å². The summed E-state index contributed by atoms with van der Waals surface area (Å²) in [5, 5.41) is 11.2. The third-order valence-corrected chi connectivity index (χ3v) is 6.44. The topological polar surface area (TPSA) is 94.0 Å². The highest BCUT2D eigenvalue weighted by Gasteiger charge is 2.32. The molecule has 2 rings (SSSR count). The Morgan fingerprint density at radius 2 is 2.32 bits per heavy atom. The van der Waals surface area contributed by atoms with Crippen LogP contribution in [0.2, 0.25) is 0 Å². The van der Waals surface area contributed by atoms with Crippen molar-refractivity contribution in [3.63, 3.8) is 0 Å². The molecule has 0 spiro atoms. The molecule has 22 heavy (non-hydrogen) atoms. The molecule has 0 aromatic carbocycles. The van der Waals surface area contributed by atoms with Gasteiger partial charge in [0.15, 0.2) is 15.0 Å². The molecular weight excluding hydrogens is 324 g/mol. The minimum absolute atomic E-state index is 0.0992. The fourth-order valence-corrected chi connectivity index (χ4v) is 4.90. The van der Waals surface area contributed by atoms with Gasteiger partial charge >= 0.3 is 0 Å². The molecule has 0 radical (unpaired) electrons. The number of amides is 1. The van der Waals surface area contributed by atoms with E-state index in [1.54, 1.807) is 24.6 Å². The van der Waals surface area contributed by atoms with Gasteiger partial charge in [-0.1, -0.05) is 17.8 Å². The lowest BCUT2D eigenvalue weighted by Crippen LogP contribution is -2.31. The monoisotopic (exact) mass is 344 g/mol. The summed E-state index contributed by atoms with van der Waals surface area (Å²) in [4.78, 5) is 11.8. The first-order valence-electron chi connectivity index (χ1n) is 6.99. The highest BCUT2D eigenvalue weighted by Crippen LogP contribution is 2.30. The van der Waals surface area contributed by atoms with Crippen LogP contribution in [0, 0.1) is 0 Å². The molecule has 1 aromatic heterocycles. The van der Waals surface area contributed by atoms with E-state index in [0.29, 0.717) is 23.9 Å². The lowest BCUT2D eigenvalue weighted by Gasteiger charge is -2.11. The van der Waals surface area contributed by atoms with Gasteiger partial charge in [-0.15, -0.1) is 16.8 Å². The van der Waals surface area contributed by atoms with Gasteiger partial charge in [0.2, 0.25) is 5.91 Å². The molecule has 1 aliphatic heterocycles. The largest absolute Gasteiger partial charge is 0.352 e. The number of hydrogen-bond donors (Lipinski definition) is 1. The fourth-order valence-electron chi connectivity index (χ4n) is 2.31. The molecule has 122 valence electrons. The van der Waals surface area contributed by atoms with E-state index >= 15 is 0 Å². The van der Waals surface area contributed by atoms with Crippen molar-refractivity contribution >= 4 is 27.5 Å². The van der Waals surface area contributed by atoms with Crippen molar-refractivity contribution in [2.45, 2.75) is 29.7 Å². The molecule has 1 aromatic rings. The number of rotatable bonds is 6. The summed E-state index contributed by atoms with van der Waals surface area (Å²) in [5.41, 5.74) is 0. The second kappa shape index (κ2) is 6.82. The minimum Gasteiger partial charge on any atom is -0.352 e. The van der Waals surface area contributed by atoms with Crippen LogP contribution in [0.3, 0.4) is 0 Å². The van der Waals surface area contributed by atoms with Crippen molar-refractivity contribution in [3.8, 4) is 0 Å². The molecule has 1 amide bonds. The number of thioether (sulfide) groups is 1. The standard InChI is InChI=1S/C13H20N4O3S2/c1-4-6-14-12(18)9(2)21-13-16-15-11(17(13)3)10-5-7-22(19,20)8-10/h4,9-10H,1,5-8H2,2-3H3,(H,14,18)/t9-,10-/m1/s1. The van der Waals surface area contributed by atoms with Crippen LogP contribution < -0.4 is 5.32 Å². The van der Waals surface area contributed by atoms with Crippen molar-refractivity contribution in [2.75, 3.05) is 18.1 Å². The first-order valence-corrected chi connectivity index (χ1v) is 9.69. The number of nitrogens with one attached hydrogen (secondary N) is 1. The maximum absolute atomic E-state index is 11.8. The molecule has 0 aliphatic carbocycles. The SMILES string of the molecule is C=CCNC(=O)[C@@H](C)Sc1nnc([C@@H]2CCS(=O)(=O)C2)n1C. The summed E-state index contributed by atoms with van der Waals surface area (Å²) >= 11 is 1.30. The lowest BCUT2D eigenvalue weighted by atomic mass is 10.1. The molecule has 1 fully saturated rings. The van der Waals surface area contributed by atoms with E-state index in [1.165, 1.54) is 11.8 Å². The molecule has 0 saturated carbocycles. The molecule has 1 aliphatic rings. The van der Waals surface area contributed by atoms with Gasteiger partial charge in [0, 0.05) is 19.5 Å². The Morgan fingerprint density at radius 3 is 2.91 bits per heavy atom. The predicted octanol–water partition coefficient (Wildman–Crippen LogP) is 0.500. The van der Waals surface area contributed by atoms with E-state index in [0.717, 1.165) is 0 Å². The number of aromatic nitrogens is 3. The smallest absolute Gasteiger partial charge is 0.233 e. The second-order valence-corrected chi connectivity index (χ2v) is 8.83. The van der Waals surface area contributed by atoms with Gasteiger partial charge in [-0.05, 0) is 13.3 Å². The van der Waals surface area contributed by atoms with Crippen molar-refractivity contribution in [2.24, 2.45) is 7.05 Å². The van der Waals surface area contributed by atoms with E-state index in [-0.39, 0.29) is 28.6 Å². The van der Waals surface area contributed by atoms with Crippen LogP contribution in [0.15, 0.2) is 17.8 Å². The van der Waals surface area contributed by atoms with E-state index in [4.69, 9.17) is 0 Å². The van der Waals surface area contributed by atoms with Gasteiger partial charge in [-0.25, -0.2) is 8.42 Å². The van der Waals surface area contributed by atoms with Gasteiger partial charge < -0.3 is 9.88 Å². The number of carbonyl (C=O) groups is 1. The quantitative estimate of drug-likeness (QED) is 0.596. The fraction of sp³-hybridized carbons (Fsp3) is 0.615. The van der Waals surface area contributed by atoms with E-state index in [2.05, 4.69) is 22.1 Å². The third kappa shape index (κ3) is 3.89. The molecule has 7 nitrogen and oxygen atoms in total. The van der Waals surface area contributed by atoms with Gasteiger partial charge in [0.25, 0.3) is 0 Å². The Labute approximate surface area is 134 Å². The second-order valence-electron chi connectivity index (χ2n) is 5.29. The van der Waals surface area contributed by atoms with Crippen LogP contribution in [-0.4, -0.2) is 52.4 Å². The van der Waals surface area contributed by atoms with Gasteiger partial charge in [0.05, 0.1) is 16.8 Å². The van der Waals surface area contributed by atoms with Crippen molar-refractivity contribution in [1.82, 2.24) is 20.1 Å². The molecule has 1 saturated heterocycles. The number of hydrogen-bond acceptors (Lipinski definition) is 6. The Balaban J connectivity index is 2.05. The maximum atomic E-state index is 11.8. The minimum atomic E-state index is -2.96. The predicted molar refractivity (Wildman–Crippen MR) is 85.5 cm³/mol. The van der Waals surface area contributed by atoms with Crippen LogP contribution in [0.4, 0.5) is 0 Å². The zero-order valence-corrected chi connectivity index (χ0v) is 14.3. The molecule has 0 bridgehead atoms. The maximum Gasteiger partial charge on any atom is 0.233 e. The van der Waals surface area contributed by atoms with Gasteiger partial charge in [-0.2, -0.15) is 0 Å². The first-order chi connectivity index (χ1) is 10.3. The molecule has 0 unspecified atom stereocenters. The number of sulfone groups is 1. The Hall–Kier alpha value is -1.35. The summed E-state index contributed by atoms with van der Waals surface area (Å²) in [6, 6.07) is 0. The highest BCUT2D eigenvalue weighted by molar-refractivity contribution is 8.00. The van der Waals surface area contributed by atoms with Crippen LogP contribution in [-0.2, 0) is 21.7 Å². The molecule has 1 N–H and O–H groups in total. The van der Waals surface area contributed by atoms with Crippen molar-refractivity contribution in [1.29, 1.82) is 0 Å². The van der Waals surface area contributed by atoms with Crippen LogP contribution in [0.1, 0.15) is 25.1 Å². The molecular formula is C13H20N4O3S2. The summed E-state index contributed by atoms with van der Waals surface area (Å²) in [6.45, 7) is 5.77. The number of carbonyl (C=O) groups excluding carboxylic acids is 1. The summed E-state index contributed by atoms with van der Waals surface area (Å²) in [5.74, 6) is 0.786. The van der Waals surface area contributed by atoms with Gasteiger partial charge in [0.1, 0.15) is 5.82 Å². The third-order valence-electron chi connectivity index (χ3n) is 3.54. The average Bonchev–Trinajstić information content (AvgIpc) is 2.99. The normalized spacial score (nSPS) is 21.5. The highest BCUT2D eigenvalue weighted by atomic mass is 32.2. The molecule has 9 heteroatoms. The van der Waals surface area contributed by atoms with Crippen LogP contribution >= 0.6 is 11.8 Å². The lowest BCUT2D eigenvalue weighted by molar-refractivity contribution is -0.120. The Bertz CT molecular complexity index is 669. The Kier molecular flexibility index (Phi) is 5.28. The van der Waals surface area contributed by atoms with Gasteiger partial charge in [-0.3, -0.25) is 4.79 Å². The van der Waals surface area contributed by atoms with Crippen LogP contribution in [0.5, 0.6) is 0 Å².